The van der Waals surface area contributed by atoms with Crippen LogP contribution in [0.15, 0.2) is 12.2 Å². The van der Waals surface area contributed by atoms with Gasteiger partial charge in [-0.1, -0.05) is 116 Å². The first-order valence-electron chi connectivity index (χ1n) is 13.0. The van der Waals surface area contributed by atoms with Gasteiger partial charge in [-0.05, 0) is 52.6 Å². The number of nitrogens with zero attached hydrogens (tertiary/aromatic N) is 1. The summed E-state index contributed by atoms with van der Waals surface area (Å²) in [7, 11) is 4.54. The van der Waals surface area contributed by atoms with E-state index in [0.717, 1.165) is 6.04 Å². The summed E-state index contributed by atoms with van der Waals surface area (Å²) >= 11 is 0. The highest BCUT2D eigenvalue weighted by Crippen LogP contribution is 2.17. The Balaban J connectivity index is 3.42. The fourth-order valence-electron chi connectivity index (χ4n) is 4.09. The van der Waals surface area contributed by atoms with Gasteiger partial charge in [-0.25, -0.2) is 0 Å². The van der Waals surface area contributed by atoms with Gasteiger partial charge in [-0.2, -0.15) is 0 Å². The van der Waals surface area contributed by atoms with Crippen molar-refractivity contribution in [2.45, 2.75) is 148 Å². The van der Waals surface area contributed by atoms with Crippen LogP contribution in [-0.2, 0) is 0 Å². The molecule has 0 bridgehead atoms. The molecule has 1 nitrogen and oxygen atoms in total. The predicted molar refractivity (Wildman–Crippen MR) is 130 cm³/mol. The number of hydrogen-bond acceptors (Lipinski definition) is 1. The lowest BCUT2D eigenvalue weighted by atomic mass is 9.99. The summed E-state index contributed by atoms with van der Waals surface area (Å²) in [5, 5.41) is 0. The second-order valence-corrected chi connectivity index (χ2v) is 9.19. The first-order valence-corrected chi connectivity index (χ1v) is 13.0. The molecule has 0 spiro atoms. The number of allylic oxidation sites excluding steroid dienone is 2. The van der Waals surface area contributed by atoms with E-state index in [0.29, 0.717) is 0 Å². The quantitative estimate of drug-likeness (QED) is 0.131. The molecule has 0 amide bonds. The summed E-state index contributed by atoms with van der Waals surface area (Å²) in [5.41, 5.74) is 0. The molecule has 0 aromatic rings. The first kappa shape index (κ1) is 27.7. The van der Waals surface area contributed by atoms with Crippen molar-refractivity contribution in [3.05, 3.63) is 12.2 Å². The van der Waals surface area contributed by atoms with Crippen LogP contribution < -0.4 is 0 Å². The van der Waals surface area contributed by atoms with Crippen LogP contribution in [0.5, 0.6) is 0 Å². The molecule has 0 aliphatic heterocycles. The average molecular weight is 394 g/mol. The maximum atomic E-state index is 2.47. The minimum absolute atomic E-state index is 0.812. The van der Waals surface area contributed by atoms with Gasteiger partial charge in [0.1, 0.15) is 0 Å². The largest absolute Gasteiger partial charge is 0.306 e. The van der Waals surface area contributed by atoms with Crippen molar-refractivity contribution in [1.29, 1.82) is 0 Å². The highest BCUT2D eigenvalue weighted by molar-refractivity contribution is 4.81. The summed E-state index contributed by atoms with van der Waals surface area (Å²) in [5.74, 6) is 0. The third-order valence-electron chi connectivity index (χ3n) is 6.17. The van der Waals surface area contributed by atoms with Gasteiger partial charge >= 0.3 is 0 Å². The van der Waals surface area contributed by atoms with Crippen LogP contribution >= 0.6 is 0 Å². The lowest BCUT2D eigenvalue weighted by molar-refractivity contribution is 0.251. The van der Waals surface area contributed by atoms with Crippen LogP contribution in [0.25, 0.3) is 0 Å². The molecule has 1 unspecified atom stereocenters. The number of rotatable bonds is 22. The molecular formula is C27H55N. The van der Waals surface area contributed by atoms with Crippen LogP contribution in [0.1, 0.15) is 142 Å². The molecule has 28 heavy (non-hydrogen) atoms. The molecule has 0 aromatic carbocycles. The minimum atomic E-state index is 0.812. The smallest absolute Gasteiger partial charge is 0.00891 e. The van der Waals surface area contributed by atoms with E-state index in [2.05, 4.69) is 45.0 Å². The fraction of sp³-hybridized carbons (Fsp3) is 0.926. The highest BCUT2D eigenvalue weighted by Gasteiger charge is 2.10. The maximum Gasteiger partial charge on any atom is 0.00891 e. The highest BCUT2D eigenvalue weighted by atomic mass is 15.1. The third-order valence-corrected chi connectivity index (χ3v) is 6.17. The molecule has 168 valence electrons. The van der Waals surface area contributed by atoms with Gasteiger partial charge in [0.05, 0.1) is 0 Å². The van der Waals surface area contributed by atoms with Crippen LogP contribution in [0.2, 0.25) is 0 Å². The van der Waals surface area contributed by atoms with Crippen molar-refractivity contribution in [2.75, 3.05) is 14.1 Å². The Labute approximate surface area is 179 Å². The Kier molecular flexibility index (Phi) is 22.7. The van der Waals surface area contributed by atoms with Crippen molar-refractivity contribution in [3.8, 4) is 0 Å². The summed E-state index contributed by atoms with van der Waals surface area (Å²) < 4.78 is 0. The van der Waals surface area contributed by atoms with E-state index in [1.165, 1.54) is 128 Å². The van der Waals surface area contributed by atoms with Crippen molar-refractivity contribution < 1.29 is 0 Å². The van der Waals surface area contributed by atoms with Gasteiger partial charge in [-0.15, -0.1) is 0 Å². The molecule has 0 rings (SSSR count). The zero-order valence-corrected chi connectivity index (χ0v) is 20.3. The summed E-state index contributed by atoms with van der Waals surface area (Å²) in [6, 6.07) is 0.812. The van der Waals surface area contributed by atoms with Crippen molar-refractivity contribution in [1.82, 2.24) is 4.90 Å². The second kappa shape index (κ2) is 23.0. The van der Waals surface area contributed by atoms with Crippen LogP contribution in [0.4, 0.5) is 0 Å². The Morgan fingerprint density at radius 2 is 0.857 bits per heavy atom. The van der Waals surface area contributed by atoms with E-state index in [1.54, 1.807) is 0 Å². The molecule has 0 aromatic heterocycles. The third kappa shape index (κ3) is 20.4. The molecule has 0 N–H and O–H groups in total. The van der Waals surface area contributed by atoms with Crippen molar-refractivity contribution >= 4 is 0 Å². The van der Waals surface area contributed by atoms with Crippen molar-refractivity contribution in [3.63, 3.8) is 0 Å². The van der Waals surface area contributed by atoms with Gasteiger partial charge in [0, 0.05) is 6.04 Å². The Hall–Kier alpha value is -0.300. The molecule has 0 fully saturated rings. The van der Waals surface area contributed by atoms with Gasteiger partial charge < -0.3 is 4.90 Å². The summed E-state index contributed by atoms with van der Waals surface area (Å²) in [6.45, 7) is 4.59. The molecule has 1 atom stereocenters. The van der Waals surface area contributed by atoms with E-state index < -0.39 is 0 Å². The lowest BCUT2D eigenvalue weighted by Crippen LogP contribution is -2.27. The average Bonchev–Trinajstić information content (AvgIpc) is 2.68. The molecule has 0 aliphatic carbocycles. The van der Waals surface area contributed by atoms with Gasteiger partial charge in [0.25, 0.3) is 0 Å². The topological polar surface area (TPSA) is 3.24 Å². The molecule has 0 saturated carbocycles. The van der Waals surface area contributed by atoms with E-state index >= 15 is 0 Å². The lowest BCUT2D eigenvalue weighted by Gasteiger charge is -2.24. The molecule has 0 aliphatic rings. The van der Waals surface area contributed by atoms with Crippen molar-refractivity contribution in [2.24, 2.45) is 0 Å². The van der Waals surface area contributed by atoms with Crippen LogP contribution in [-0.4, -0.2) is 25.0 Å². The van der Waals surface area contributed by atoms with Crippen LogP contribution in [0.3, 0.4) is 0 Å². The molecule has 0 radical (unpaired) electrons. The minimum Gasteiger partial charge on any atom is -0.306 e. The van der Waals surface area contributed by atoms with Gasteiger partial charge in [-0.3, -0.25) is 0 Å². The molecule has 0 saturated heterocycles. The predicted octanol–water partition coefficient (Wildman–Crippen LogP) is 9.31. The first-order chi connectivity index (χ1) is 13.7. The zero-order valence-electron chi connectivity index (χ0n) is 20.3. The van der Waals surface area contributed by atoms with E-state index in [-0.39, 0.29) is 0 Å². The monoisotopic (exact) mass is 393 g/mol. The molecular weight excluding hydrogens is 338 g/mol. The number of unbranched alkanes of at least 4 members (excludes halogenated alkanes) is 15. The molecule has 1 heteroatoms. The normalized spacial score (nSPS) is 13.0. The van der Waals surface area contributed by atoms with Crippen LogP contribution in [0, 0.1) is 0 Å². The SMILES string of the molecule is CCCCCCCCC=CCCCCCCCC(CCCCCCC)N(C)C. The molecule has 0 heterocycles. The maximum absolute atomic E-state index is 2.47. The van der Waals surface area contributed by atoms with E-state index in [1.807, 2.05) is 0 Å². The Morgan fingerprint density at radius 1 is 0.500 bits per heavy atom. The fourth-order valence-corrected chi connectivity index (χ4v) is 4.09. The summed E-state index contributed by atoms with van der Waals surface area (Å²) in [6.07, 6.45) is 32.9. The van der Waals surface area contributed by atoms with Gasteiger partial charge in [0.15, 0.2) is 0 Å². The van der Waals surface area contributed by atoms with E-state index in [4.69, 9.17) is 0 Å². The number of hydrogen-bond donors (Lipinski definition) is 0. The van der Waals surface area contributed by atoms with E-state index in [9.17, 15) is 0 Å². The zero-order chi connectivity index (χ0) is 20.7. The Bertz CT molecular complexity index is 307. The second-order valence-electron chi connectivity index (χ2n) is 9.19. The Morgan fingerprint density at radius 3 is 1.25 bits per heavy atom. The standard InChI is InChI=1S/C27H55N/c1-5-7-9-11-12-13-14-15-16-17-18-19-20-22-24-26-27(28(3)4)25-23-21-10-8-6-2/h15-16,27H,5-14,17-26H2,1-4H3. The van der Waals surface area contributed by atoms with Gasteiger partial charge in [0.2, 0.25) is 0 Å². The summed E-state index contributed by atoms with van der Waals surface area (Å²) in [4.78, 5) is 2.47.